The number of likely N-dealkylation sites (N-methyl/N-ethyl adjacent to an activating group) is 1. The van der Waals surface area contributed by atoms with Crippen molar-refractivity contribution >= 4 is 23.5 Å². The van der Waals surface area contributed by atoms with Gasteiger partial charge in [-0.1, -0.05) is 5.16 Å². The second-order valence-electron chi connectivity index (χ2n) is 4.85. The first-order valence-corrected chi connectivity index (χ1v) is 7.07. The Kier molecular flexibility index (Phi) is 5.29. The lowest BCUT2D eigenvalue weighted by molar-refractivity contribution is -0.115. The van der Waals surface area contributed by atoms with Crippen LogP contribution in [0.4, 0.5) is 11.6 Å². The first kappa shape index (κ1) is 16.5. The molecule has 0 saturated carbocycles. The summed E-state index contributed by atoms with van der Waals surface area (Å²) in [6.07, 6.45) is 1.42. The largest absolute Gasteiger partial charge is 0.462 e. The van der Waals surface area contributed by atoms with E-state index in [9.17, 15) is 9.59 Å². The van der Waals surface area contributed by atoms with Crippen molar-refractivity contribution in [3.05, 3.63) is 35.7 Å². The van der Waals surface area contributed by atoms with Gasteiger partial charge in [0.1, 0.15) is 11.6 Å². The maximum Gasteiger partial charge on any atom is 0.339 e. The zero-order valence-electron chi connectivity index (χ0n) is 13.2. The van der Waals surface area contributed by atoms with Gasteiger partial charge in [0.2, 0.25) is 5.91 Å². The Hall–Kier alpha value is -2.90. The second-order valence-corrected chi connectivity index (χ2v) is 4.85. The highest BCUT2D eigenvalue weighted by Gasteiger charge is 2.12. The van der Waals surface area contributed by atoms with E-state index in [4.69, 9.17) is 9.26 Å². The molecule has 0 aliphatic heterocycles. The fourth-order valence-corrected chi connectivity index (χ4v) is 1.85. The molecule has 0 fully saturated rings. The van der Waals surface area contributed by atoms with Crippen molar-refractivity contribution < 1.29 is 18.8 Å². The van der Waals surface area contributed by atoms with Crippen LogP contribution in [0.3, 0.4) is 0 Å². The number of amides is 1. The third-order valence-electron chi connectivity index (χ3n) is 2.93. The lowest BCUT2D eigenvalue weighted by Crippen LogP contribution is -2.30. The van der Waals surface area contributed by atoms with Crippen LogP contribution in [0.5, 0.6) is 0 Å². The van der Waals surface area contributed by atoms with Gasteiger partial charge in [-0.25, -0.2) is 9.78 Å². The van der Waals surface area contributed by atoms with E-state index in [2.05, 4.69) is 15.5 Å². The van der Waals surface area contributed by atoms with Crippen LogP contribution in [-0.4, -0.2) is 42.2 Å². The number of hydrogen-bond acceptors (Lipinski definition) is 7. The summed E-state index contributed by atoms with van der Waals surface area (Å²) in [6, 6.07) is 4.89. The van der Waals surface area contributed by atoms with Crippen molar-refractivity contribution in [3.63, 3.8) is 0 Å². The lowest BCUT2D eigenvalue weighted by Gasteiger charge is -2.17. The molecule has 0 atom stereocenters. The van der Waals surface area contributed by atoms with Crippen LogP contribution in [-0.2, 0) is 9.53 Å². The van der Waals surface area contributed by atoms with E-state index in [0.29, 0.717) is 29.6 Å². The van der Waals surface area contributed by atoms with E-state index in [-0.39, 0.29) is 12.5 Å². The topological polar surface area (TPSA) is 97.6 Å². The predicted molar refractivity (Wildman–Crippen MR) is 83.3 cm³/mol. The summed E-state index contributed by atoms with van der Waals surface area (Å²) < 4.78 is 9.76. The highest BCUT2D eigenvalue weighted by Crippen LogP contribution is 2.11. The van der Waals surface area contributed by atoms with Gasteiger partial charge in [-0.05, 0) is 26.0 Å². The standard InChI is InChI=1S/C15H18N4O4/c1-4-22-15(21)11-5-6-13(16-8-11)19(3)9-14(20)17-12-7-10(2)23-18-12/h5-8H,4,9H2,1-3H3,(H,17,18,20). The van der Waals surface area contributed by atoms with Gasteiger partial charge in [0, 0.05) is 19.3 Å². The Morgan fingerprint density at radius 1 is 1.39 bits per heavy atom. The molecule has 8 heteroatoms. The summed E-state index contributed by atoms with van der Waals surface area (Å²) in [4.78, 5) is 29.3. The van der Waals surface area contributed by atoms with Crippen molar-refractivity contribution in [1.82, 2.24) is 10.1 Å². The van der Waals surface area contributed by atoms with Crippen molar-refractivity contribution in [3.8, 4) is 0 Å². The van der Waals surface area contributed by atoms with Crippen molar-refractivity contribution in [2.24, 2.45) is 0 Å². The fraction of sp³-hybridized carbons (Fsp3) is 0.333. The molecule has 0 aromatic carbocycles. The van der Waals surface area contributed by atoms with Gasteiger partial charge in [0.05, 0.1) is 18.7 Å². The summed E-state index contributed by atoms with van der Waals surface area (Å²) in [7, 11) is 1.72. The van der Waals surface area contributed by atoms with Gasteiger partial charge in [0.25, 0.3) is 0 Å². The Balaban J connectivity index is 1.93. The molecule has 0 bridgehead atoms. The highest BCUT2D eigenvalue weighted by molar-refractivity contribution is 5.93. The molecule has 1 N–H and O–H groups in total. The molecule has 0 spiro atoms. The molecule has 0 aliphatic carbocycles. The first-order valence-electron chi connectivity index (χ1n) is 7.07. The first-order chi connectivity index (χ1) is 11.0. The molecule has 0 aliphatic rings. The van der Waals surface area contributed by atoms with Crippen LogP contribution in [0, 0.1) is 6.92 Å². The van der Waals surface area contributed by atoms with Gasteiger partial charge in [0.15, 0.2) is 5.82 Å². The summed E-state index contributed by atoms with van der Waals surface area (Å²) in [6.45, 7) is 3.87. The Morgan fingerprint density at radius 3 is 2.74 bits per heavy atom. The molecule has 0 saturated heterocycles. The smallest absolute Gasteiger partial charge is 0.339 e. The number of aryl methyl sites for hydroxylation is 1. The summed E-state index contributed by atoms with van der Waals surface area (Å²) in [5.74, 6) is 0.867. The monoisotopic (exact) mass is 318 g/mol. The number of hydrogen-bond donors (Lipinski definition) is 1. The molecule has 2 aromatic rings. The van der Waals surface area contributed by atoms with Gasteiger partial charge >= 0.3 is 5.97 Å². The number of aromatic nitrogens is 2. The third-order valence-corrected chi connectivity index (χ3v) is 2.93. The third kappa shape index (κ3) is 4.53. The minimum Gasteiger partial charge on any atom is -0.462 e. The molecule has 0 radical (unpaired) electrons. The van der Waals surface area contributed by atoms with Crippen LogP contribution >= 0.6 is 0 Å². The average Bonchev–Trinajstić information content (AvgIpc) is 2.92. The Labute approximate surface area is 133 Å². The van der Waals surface area contributed by atoms with Crippen LogP contribution in [0.25, 0.3) is 0 Å². The number of anilines is 2. The summed E-state index contributed by atoms with van der Waals surface area (Å²) >= 11 is 0. The van der Waals surface area contributed by atoms with E-state index in [1.54, 1.807) is 44.0 Å². The normalized spacial score (nSPS) is 10.2. The van der Waals surface area contributed by atoms with E-state index < -0.39 is 5.97 Å². The van der Waals surface area contributed by atoms with Crippen LogP contribution < -0.4 is 10.2 Å². The lowest BCUT2D eigenvalue weighted by atomic mass is 10.3. The average molecular weight is 318 g/mol. The maximum absolute atomic E-state index is 11.9. The van der Waals surface area contributed by atoms with E-state index in [1.807, 2.05) is 0 Å². The zero-order valence-corrected chi connectivity index (χ0v) is 13.2. The molecule has 0 unspecified atom stereocenters. The van der Waals surface area contributed by atoms with Crippen LogP contribution in [0.2, 0.25) is 0 Å². The number of carbonyl (C=O) groups excluding carboxylic acids is 2. The summed E-state index contributed by atoms with van der Waals surface area (Å²) in [5, 5.41) is 6.31. The number of nitrogens with one attached hydrogen (secondary N) is 1. The number of rotatable bonds is 6. The molecule has 2 aromatic heterocycles. The maximum atomic E-state index is 11.9. The molecule has 122 valence electrons. The minimum atomic E-state index is -0.423. The Bertz CT molecular complexity index is 681. The number of ether oxygens (including phenoxy) is 1. The van der Waals surface area contributed by atoms with Crippen LogP contribution in [0.1, 0.15) is 23.0 Å². The van der Waals surface area contributed by atoms with Crippen molar-refractivity contribution in [2.75, 3.05) is 30.4 Å². The quantitative estimate of drug-likeness (QED) is 0.808. The van der Waals surface area contributed by atoms with Crippen LogP contribution in [0.15, 0.2) is 28.9 Å². The molecule has 1 amide bonds. The van der Waals surface area contributed by atoms with Gasteiger partial charge < -0.3 is 19.5 Å². The van der Waals surface area contributed by atoms with Crippen molar-refractivity contribution in [2.45, 2.75) is 13.8 Å². The fourth-order valence-electron chi connectivity index (χ4n) is 1.85. The molecular weight excluding hydrogens is 300 g/mol. The number of pyridine rings is 1. The predicted octanol–water partition coefficient (Wildman–Crippen LogP) is 1.63. The molecular formula is C15H18N4O4. The Morgan fingerprint density at radius 2 is 2.17 bits per heavy atom. The molecule has 2 rings (SSSR count). The highest BCUT2D eigenvalue weighted by atomic mass is 16.5. The van der Waals surface area contributed by atoms with E-state index in [1.165, 1.54) is 6.20 Å². The van der Waals surface area contributed by atoms with Crippen molar-refractivity contribution in [1.29, 1.82) is 0 Å². The van der Waals surface area contributed by atoms with Gasteiger partial charge in [-0.2, -0.15) is 0 Å². The number of esters is 1. The summed E-state index contributed by atoms with van der Waals surface area (Å²) in [5.41, 5.74) is 0.367. The van der Waals surface area contributed by atoms with E-state index in [0.717, 1.165) is 0 Å². The number of nitrogens with zero attached hydrogens (tertiary/aromatic N) is 3. The molecule has 8 nitrogen and oxygen atoms in total. The molecule has 2 heterocycles. The SMILES string of the molecule is CCOC(=O)c1ccc(N(C)CC(=O)Nc2cc(C)on2)nc1. The van der Waals surface area contributed by atoms with E-state index >= 15 is 0 Å². The molecule has 23 heavy (non-hydrogen) atoms. The second kappa shape index (κ2) is 7.39. The zero-order chi connectivity index (χ0) is 16.8. The van der Waals surface area contributed by atoms with Gasteiger partial charge in [-0.3, -0.25) is 4.79 Å². The minimum absolute atomic E-state index is 0.0810. The number of carbonyl (C=O) groups is 2. The van der Waals surface area contributed by atoms with Gasteiger partial charge in [-0.15, -0.1) is 0 Å².